The van der Waals surface area contributed by atoms with Crippen molar-refractivity contribution < 1.29 is 19.7 Å². The van der Waals surface area contributed by atoms with E-state index in [-0.39, 0.29) is 0 Å². The second-order valence-electron chi connectivity index (χ2n) is 4.16. The smallest absolute Gasteiger partial charge is 0.367 e. The average molecular weight is 216 g/mol. The van der Waals surface area contributed by atoms with Gasteiger partial charge in [-0.1, -0.05) is 45.4 Å². The number of carboxylic acids is 1. The first-order valence-electron chi connectivity index (χ1n) is 5.75. The Bertz CT molecular complexity index is 217. The lowest BCUT2D eigenvalue weighted by atomic mass is 10.1. The zero-order valence-corrected chi connectivity index (χ0v) is 9.24. The van der Waals surface area contributed by atoms with E-state index in [0.717, 1.165) is 12.8 Å². The summed E-state index contributed by atoms with van der Waals surface area (Å²) in [5.41, 5.74) is 0. The van der Waals surface area contributed by atoms with Crippen LogP contribution >= 0.6 is 0 Å². The molecule has 15 heavy (non-hydrogen) atoms. The summed E-state index contributed by atoms with van der Waals surface area (Å²) in [7, 11) is 0. The fourth-order valence-corrected chi connectivity index (χ4v) is 1.74. The van der Waals surface area contributed by atoms with E-state index in [1.807, 2.05) is 0 Å². The number of carboxylic acid groups (broad SMARTS) is 1. The number of ether oxygens (including phenoxy) is 1. The van der Waals surface area contributed by atoms with E-state index in [9.17, 15) is 9.90 Å². The molecule has 1 heterocycles. The van der Waals surface area contributed by atoms with Crippen LogP contribution in [0.2, 0.25) is 0 Å². The van der Waals surface area contributed by atoms with Crippen LogP contribution in [0.15, 0.2) is 0 Å². The molecule has 2 unspecified atom stereocenters. The summed E-state index contributed by atoms with van der Waals surface area (Å²) in [5, 5.41) is 17.9. The Morgan fingerprint density at radius 1 is 1.27 bits per heavy atom. The number of aliphatic hydroxyl groups is 1. The summed E-state index contributed by atoms with van der Waals surface area (Å²) in [6.45, 7) is 2.17. The number of epoxide rings is 1. The maximum Gasteiger partial charge on any atom is 0.367 e. The largest absolute Gasteiger partial charge is 0.477 e. The lowest BCUT2D eigenvalue weighted by Crippen LogP contribution is -2.26. The number of unbranched alkanes of at least 4 members (excludes halogenated alkanes) is 5. The van der Waals surface area contributed by atoms with Crippen LogP contribution in [0.1, 0.15) is 51.9 Å². The van der Waals surface area contributed by atoms with E-state index in [0.29, 0.717) is 6.42 Å². The van der Waals surface area contributed by atoms with Crippen LogP contribution in [0, 0.1) is 0 Å². The van der Waals surface area contributed by atoms with Gasteiger partial charge in [-0.25, -0.2) is 4.79 Å². The van der Waals surface area contributed by atoms with Crippen molar-refractivity contribution in [1.82, 2.24) is 0 Å². The summed E-state index contributed by atoms with van der Waals surface area (Å²) in [5.74, 6) is -3.14. The molecular formula is C11H20O4. The van der Waals surface area contributed by atoms with Crippen molar-refractivity contribution in [1.29, 1.82) is 0 Å². The van der Waals surface area contributed by atoms with Crippen molar-refractivity contribution in [2.24, 2.45) is 0 Å². The highest BCUT2D eigenvalue weighted by Gasteiger charge is 2.61. The Morgan fingerprint density at radius 3 is 2.40 bits per heavy atom. The van der Waals surface area contributed by atoms with Crippen LogP contribution in [0.4, 0.5) is 0 Å². The first kappa shape index (κ1) is 12.5. The molecule has 4 nitrogen and oxygen atoms in total. The fourth-order valence-electron chi connectivity index (χ4n) is 1.74. The van der Waals surface area contributed by atoms with Gasteiger partial charge in [0.25, 0.3) is 5.79 Å². The summed E-state index contributed by atoms with van der Waals surface area (Å²) in [6.07, 6.45) is 7.11. The number of hydrogen-bond donors (Lipinski definition) is 2. The van der Waals surface area contributed by atoms with Gasteiger partial charge in [0, 0.05) is 0 Å². The first-order valence-corrected chi connectivity index (χ1v) is 5.75. The van der Waals surface area contributed by atoms with Gasteiger partial charge in [-0.2, -0.15) is 0 Å². The first-order chi connectivity index (χ1) is 7.11. The van der Waals surface area contributed by atoms with Crippen LogP contribution < -0.4 is 0 Å². The summed E-state index contributed by atoms with van der Waals surface area (Å²) < 4.78 is 4.75. The maximum absolute atomic E-state index is 10.5. The molecule has 0 aromatic heterocycles. The number of aliphatic carboxylic acids is 1. The van der Waals surface area contributed by atoms with Gasteiger partial charge in [0.2, 0.25) is 0 Å². The molecule has 0 radical (unpaired) electrons. The van der Waals surface area contributed by atoms with Gasteiger partial charge in [-0.15, -0.1) is 0 Å². The van der Waals surface area contributed by atoms with E-state index < -0.39 is 17.9 Å². The molecule has 1 rings (SSSR count). The average Bonchev–Trinajstić information content (AvgIpc) is 2.85. The standard InChI is InChI=1S/C11H20O4/c1-2-3-4-5-6-7-8-9-11(14,15-9)10(12)13/h9,14H,2-8H2,1H3,(H,12,13). The SMILES string of the molecule is CCCCCCCCC1OC1(O)C(=O)O. The molecule has 0 aromatic rings. The highest BCUT2D eigenvalue weighted by Crippen LogP contribution is 2.37. The molecule has 1 saturated heterocycles. The molecule has 2 N–H and O–H groups in total. The van der Waals surface area contributed by atoms with Gasteiger partial charge >= 0.3 is 5.97 Å². The van der Waals surface area contributed by atoms with Crippen LogP contribution in [0.3, 0.4) is 0 Å². The van der Waals surface area contributed by atoms with Crippen molar-refractivity contribution in [3.63, 3.8) is 0 Å². The van der Waals surface area contributed by atoms with Crippen LogP contribution in [-0.2, 0) is 9.53 Å². The van der Waals surface area contributed by atoms with Gasteiger partial charge in [-0.05, 0) is 6.42 Å². The Labute approximate surface area is 90.2 Å². The van der Waals surface area contributed by atoms with Gasteiger partial charge in [0.15, 0.2) is 0 Å². The van der Waals surface area contributed by atoms with Crippen LogP contribution in [0.5, 0.6) is 0 Å². The minimum Gasteiger partial charge on any atom is -0.477 e. The molecule has 0 spiro atoms. The Kier molecular flexibility index (Phi) is 4.54. The lowest BCUT2D eigenvalue weighted by Gasteiger charge is -1.99. The summed E-state index contributed by atoms with van der Waals surface area (Å²) >= 11 is 0. The molecule has 1 aliphatic rings. The fraction of sp³-hybridized carbons (Fsp3) is 0.909. The van der Waals surface area contributed by atoms with Gasteiger partial charge in [-0.3, -0.25) is 0 Å². The molecule has 88 valence electrons. The van der Waals surface area contributed by atoms with Crippen molar-refractivity contribution in [3.8, 4) is 0 Å². The Balaban J connectivity index is 1.97. The highest BCUT2D eigenvalue weighted by atomic mass is 16.8. The molecule has 0 aromatic carbocycles. The predicted molar refractivity (Wildman–Crippen MR) is 55.5 cm³/mol. The monoisotopic (exact) mass is 216 g/mol. The van der Waals surface area contributed by atoms with E-state index in [1.54, 1.807) is 0 Å². The second-order valence-corrected chi connectivity index (χ2v) is 4.16. The third kappa shape index (κ3) is 3.47. The van der Waals surface area contributed by atoms with Crippen molar-refractivity contribution >= 4 is 5.97 Å². The van der Waals surface area contributed by atoms with Gasteiger partial charge < -0.3 is 14.9 Å². The quantitative estimate of drug-likeness (QED) is 0.480. The third-order valence-corrected chi connectivity index (χ3v) is 2.83. The van der Waals surface area contributed by atoms with Crippen molar-refractivity contribution in [3.05, 3.63) is 0 Å². The maximum atomic E-state index is 10.5. The molecule has 0 bridgehead atoms. The molecule has 1 aliphatic heterocycles. The molecule has 0 saturated carbocycles. The molecular weight excluding hydrogens is 196 g/mol. The van der Waals surface area contributed by atoms with Crippen molar-refractivity contribution in [2.75, 3.05) is 0 Å². The van der Waals surface area contributed by atoms with Crippen LogP contribution in [-0.4, -0.2) is 28.1 Å². The number of carbonyl (C=O) groups is 1. The summed E-state index contributed by atoms with van der Waals surface area (Å²) in [4.78, 5) is 10.5. The van der Waals surface area contributed by atoms with E-state index in [1.165, 1.54) is 25.7 Å². The molecule has 1 fully saturated rings. The Hall–Kier alpha value is -0.610. The minimum atomic E-state index is -1.87. The molecule has 4 heteroatoms. The normalized spacial score (nSPS) is 29.1. The van der Waals surface area contributed by atoms with Gasteiger partial charge in [0.1, 0.15) is 6.10 Å². The zero-order chi connectivity index (χ0) is 11.3. The molecule has 0 aliphatic carbocycles. The highest BCUT2D eigenvalue weighted by molar-refractivity contribution is 5.78. The summed E-state index contributed by atoms with van der Waals surface area (Å²) in [6, 6.07) is 0. The topological polar surface area (TPSA) is 70.1 Å². The Morgan fingerprint density at radius 2 is 1.87 bits per heavy atom. The third-order valence-electron chi connectivity index (χ3n) is 2.83. The number of hydrogen-bond acceptors (Lipinski definition) is 3. The minimum absolute atomic E-state index is 0.485. The predicted octanol–water partition coefficient (Wildman–Crippen LogP) is 1.91. The van der Waals surface area contributed by atoms with E-state index >= 15 is 0 Å². The molecule has 0 amide bonds. The van der Waals surface area contributed by atoms with Crippen molar-refractivity contribution in [2.45, 2.75) is 63.8 Å². The second kappa shape index (κ2) is 5.47. The van der Waals surface area contributed by atoms with Gasteiger partial charge in [0.05, 0.1) is 0 Å². The van der Waals surface area contributed by atoms with E-state index in [4.69, 9.17) is 9.84 Å². The van der Waals surface area contributed by atoms with E-state index in [2.05, 4.69) is 6.92 Å². The van der Waals surface area contributed by atoms with Crippen LogP contribution in [0.25, 0.3) is 0 Å². The lowest BCUT2D eigenvalue weighted by molar-refractivity contribution is -0.157. The zero-order valence-electron chi connectivity index (χ0n) is 9.24. The molecule has 2 atom stereocenters. The number of rotatable bonds is 8.